The molecule has 3 aliphatic rings. The number of nitrogens with one attached hydrogen (secondary N) is 2. The number of nitrogens with zero attached hydrogens (tertiary/aromatic N) is 1. The number of aryl methyl sites for hydroxylation is 1. The molecule has 24 heavy (non-hydrogen) atoms. The van der Waals surface area contributed by atoms with Gasteiger partial charge in [0.15, 0.2) is 0 Å². The van der Waals surface area contributed by atoms with Crippen molar-refractivity contribution in [1.29, 1.82) is 0 Å². The molecule has 3 heterocycles. The maximum atomic E-state index is 10.7. The highest BCUT2D eigenvalue weighted by atomic mass is 16.3. The average Bonchev–Trinajstić information content (AvgIpc) is 2.93. The summed E-state index contributed by atoms with van der Waals surface area (Å²) in [6.45, 7) is 8.53. The Morgan fingerprint density at radius 3 is 2.62 bits per heavy atom. The zero-order chi connectivity index (χ0) is 16.6. The van der Waals surface area contributed by atoms with Crippen LogP contribution in [0.2, 0.25) is 0 Å². The number of rotatable bonds is 3. The molecule has 0 aliphatic carbocycles. The Morgan fingerprint density at radius 2 is 1.88 bits per heavy atom. The quantitative estimate of drug-likeness (QED) is 0.796. The maximum Gasteiger partial charge on any atom is 0.0684 e. The van der Waals surface area contributed by atoms with E-state index in [2.05, 4.69) is 40.7 Å². The number of anilines is 1. The third kappa shape index (κ3) is 3.07. The Balaban J connectivity index is 1.34. The van der Waals surface area contributed by atoms with E-state index in [1.165, 1.54) is 29.7 Å². The van der Waals surface area contributed by atoms with Gasteiger partial charge in [-0.05, 0) is 82.4 Å². The number of aliphatic hydroxyl groups is 1. The molecule has 0 unspecified atom stereocenters. The molecular weight excluding hydrogens is 298 g/mol. The fourth-order valence-electron chi connectivity index (χ4n) is 4.79. The first-order valence-electron chi connectivity index (χ1n) is 9.59. The van der Waals surface area contributed by atoms with Gasteiger partial charge >= 0.3 is 0 Å². The second-order valence-corrected chi connectivity index (χ2v) is 8.25. The third-order valence-corrected chi connectivity index (χ3v) is 6.60. The minimum absolute atomic E-state index is 0.338. The lowest BCUT2D eigenvalue weighted by atomic mass is 9.74. The van der Waals surface area contributed by atoms with Crippen molar-refractivity contribution in [2.24, 2.45) is 0 Å². The normalized spacial score (nSPS) is 25.4. The van der Waals surface area contributed by atoms with Crippen molar-refractivity contribution < 1.29 is 5.11 Å². The highest BCUT2D eigenvalue weighted by Crippen LogP contribution is 2.44. The number of piperidine rings is 2. The van der Waals surface area contributed by atoms with Gasteiger partial charge in [-0.2, -0.15) is 0 Å². The number of fused-ring (bicyclic) bond motifs is 2. The lowest BCUT2D eigenvalue weighted by molar-refractivity contribution is -0.00841. The SMILES string of the molecule is Cc1ccc2c(c1)NCC21CCN(CCC2(O)CCNCC2)CC1. The van der Waals surface area contributed by atoms with E-state index in [9.17, 15) is 5.11 Å². The van der Waals surface area contributed by atoms with Crippen LogP contribution in [0.3, 0.4) is 0 Å². The summed E-state index contributed by atoms with van der Waals surface area (Å²) in [5, 5.41) is 17.7. The van der Waals surface area contributed by atoms with Gasteiger partial charge in [-0.15, -0.1) is 0 Å². The molecule has 0 atom stereocenters. The molecule has 2 fully saturated rings. The predicted molar refractivity (Wildman–Crippen MR) is 98.7 cm³/mol. The summed E-state index contributed by atoms with van der Waals surface area (Å²) in [6.07, 6.45) is 5.20. The van der Waals surface area contributed by atoms with Crippen LogP contribution in [0, 0.1) is 6.92 Å². The first-order valence-corrected chi connectivity index (χ1v) is 9.59. The minimum Gasteiger partial charge on any atom is -0.390 e. The lowest BCUT2D eigenvalue weighted by Gasteiger charge is -2.41. The molecule has 0 amide bonds. The Morgan fingerprint density at radius 1 is 1.12 bits per heavy atom. The van der Waals surface area contributed by atoms with Gasteiger partial charge in [0.1, 0.15) is 0 Å². The Labute approximate surface area is 145 Å². The van der Waals surface area contributed by atoms with Crippen LogP contribution < -0.4 is 10.6 Å². The molecule has 132 valence electrons. The van der Waals surface area contributed by atoms with Gasteiger partial charge in [0.2, 0.25) is 0 Å². The van der Waals surface area contributed by atoms with Crippen molar-refractivity contribution in [2.45, 2.75) is 50.0 Å². The first kappa shape index (κ1) is 16.4. The van der Waals surface area contributed by atoms with Crippen LogP contribution in [0.1, 0.15) is 43.2 Å². The molecule has 4 heteroatoms. The zero-order valence-corrected chi connectivity index (χ0v) is 14.9. The van der Waals surface area contributed by atoms with E-state index in [1.807, 2.05) is 0 Å². The van der Waals surface area contributed by atoms with Gasteiger partial charge in [0, 0.05) is 24.2 Å². The molecule has 0 radical (unpaired) electrons. The summed E-state index contributed by atoms with van der Waals surface area (Å²) in [5.41, 5.74) is 4.13. The minimum atomic E-state index is -0.431. The van der Waals surface area contributed by atoms with E-state index >= 15 is 0 Å². The lowest BCUT2D eigenvalue weighted by Crippen LogP contribution is -2.47. The summed E-state index contributed by atoms with van der Waals surface area (Å²) < 4.78 is 0. The summed E-state index contributed by atoms with van der Waals surface area (Å²) in [5.74, 6) is 0. The first-order chi connectivity index (χ1) is 11.6. The van der Waals surface area contributed by atoms with Crippen LogP contribution in [0.4, 0.5) is 5.69 Å². The predicted octanol–water partition coefficient (Wildman–Crippen LogP) is 2.26. The Kier molecular flexibility index (Phi) is 4.31. The summed E-state index contributed by atoms with van der Waals surface area (Å²) in [4.78, 5) is 2.57. The van der Waals surface area contributed by atoms with Gasteiger partial charge in [0.25, 0.3) is 0 Å². The topological polar surface area (TPSA) is 47.5 Å². The van der Waals surface area contributed by atoms with E-state index in [0.29, 0.717) is 5.41 Å². The fraction of sp³-hybridized carbons (Fsp3) is 0.700. The molecular formula is C20H31N3O. The van der Waals surface area contributed by atoms with Crippen LogP contribution in [-0.4, -0.2) is 54.9 Å². The molecule has 4 rings (SSSR count). The van der Waals surface area contributed by atoms with E-state index in [4.69, 9.17) is 0 Å². The summed E-state index contributed by atoms with van der Waals surface area (Å²) >= 11 is 0. The van der Waals surface area contributed by atoms with Crippen LogP contribution >= 0.6 is 0 Å². The van der Waals surface area contributed by atoms with Crippen LogP contribution in [-0.2, 0) is 5.41 Å². The zero-order valence-electron chi connectivity index (χ0n) is 14.9. The summed E-state index contributed by atoms with van der Waals surface area (Å²) in [7, 11) is 0. The Hall–Kier alpha value is -1.10. The second kappa shape index (κ2) is 6.32. The molecule has 0 bridgehead atoms. The van der Waals surface area contributed by atoms with Crippen molar-refractivity contribution in [3.8, 4) is 0 Å². The Bertz CT molecular complexity index is 587. The molecule has 4 nitrogen and oxygen atoms in total. The largest absolute Gasteiger partial charge is 0.390 e. The van der Waals surface area contributed by atoms with E-state index in [0.717, 1.165) is 58.5 Å². The highest BCUT2D eigenvalue weighted by Gasteiger charge is 2.41. The summed E-state index contributed by atoms with van der Waals surface area (Å²) in [6, 6.07) is 6.90. The monoisotopic (exact) mass is 329 g/mol. The molecule has 3 aliphatic heterocycles. The molecule has 1 aromatic carbocycles. The van der Waals surface area contributed by atoms with Crippen LogP contribution in [0.5, 0.6) is 0 Å². The van der Waals surface area contributed by atoms with Gasteiger partial charge in [-0.25, -0.2) is 0 Å². The maximum absolute atomic E-state index is 10.7. The average molecular weight is 329 g/mol. The van der Waals surface area contributed by atoms with Gasteiger partial charge in [-0.3, -0.25) is 0 Å². The van der Waals surface area contributed by atoms with E-state index in [1.54, 1.807) is 0 Å². The van der Waals surface area contributed by atoms with E-state index < -0.39 is 5.60 Å². The number of benzene rings is 1. The molecule has 2 saturated heterocycles. The molecule has 3 N–H and O–H groups in total. The molecule has 0 saturated carbocycles. The van der Waals surface area contributed by atoms with Crippen molar-refractivity contribution in [3.63, 3.8) is 0 Å². The fourth-order valence-corrected chi connectivity index (χ4v) is 4.79. The smallest absolute Gasteiger partial charge is 0.0684 e. The number of hydrogen-bond acceptors (Lipinski definition) is 4. The van der Waals surface area contributed by atoms with Gasteiger partial charge in [-0.1, -0.05) is 12.1 Å². The van der Waals surface area contributed by atoms with Gasteiger partial charge in [0.05, 0.1) is 5.60 Å². The molecule has 1 aromatic rings. The third-order valence-electron chi connectivity index (χ3n) is 6.60. The van der Waals surface area contributed by atoms with Crippen LogP contribution in [0.25, 0.3) is 0 Å². The van der Waals surface area contributed by atoms with Crippen molar-refractivity contribution in [3.05, 3.63) is 29.3 Å². The van der Waals surface area contributed by atoms with Crippen molar-refractivity contribution in [2.75, 3.05) is 44.6 Å². The number of likely N-dealkylation sites (tertiary alicyclic amines) is 1. The highest BCUT2D eigenvalue weighted by molar-refractivity contribution is 5.61. The number of hydrogen-bond donors (Lipinski definition) is 3. The molecule has 1 spiro atoms. The van der Waals surface area contributed by atoms with Crippen LogP contribution in [0.15, 0.2) is 18.2 Å². The van der Waals surface area contributed by atoms with Crippen molar-refractivity contribution in [1.82, 2.24) is 10.2 Å². The van der Waals surface area contributed by atoms with Crippen molar-refractivity contribution >= 4 is 5.69 Å². The second-order valence-electron chi connectivity index (χ2n) is 8.25. The van der Waals surface area contributed by atoms with Gasteiger partial charge < -0.3 is 20.6 Å². The molecule has 0 aromatic heterocycles. The van der Waals surface area contributed by atoms with E-state index in [-0.39, 0.29) is 0 Å². The standard InChI is InChI=1S/C20H31N3O/c1-16-2-3-17-18(14-16)22-15-19(17)6-11-23(12-7-19)13-8-20(24)4-9-21-10-5-20/h2-3,14,21-22,24H,4-13,15H2,1H3.